The van der Waals surface area contributed by atoms with E-state index >= 15 is 0 Å². The second-order valence-corrected chi connectivity index (χ2v) is 7.02. The van der Waals surface area contributed by atoms with Crippen molar-refractivity contribution >= 4 is 40.7 Å². The van der Waals surface area contributed by atoms with Crippen LogP contribution in [-0.4, -0.2) is 38.2 Å². The SMILES string of the molecule is COc1ccc([C@H](CCC(C)C)N2CCNCC2)cc1Br.Cl.Cl. The zero-order valence-corrected chi connectivity index (χ0v) is 17.4. The minimum absolute atomic E-state index is 0. The Morgan fingerprint density at radius 2 is 1.83 bits per heavy atom. The quantitative estimate of drug-likeness (QED) is 0.712. The van der Waals surface area contributed by atoms with Crippen molar-refractivity contribution in [3.63, 3.8) is 0 Å². The van der Waals surface area contributed by atoms with Gasteiger partial charge in [0.05, 0.1) is 11.6 Å². The fourth-order valence-corrected chi connectivity index (χ4v) is 3.49. The molecule has 1 fully saturated rings. The van der Waals surface area contributed by atoms with E-state index < -0.39 is 0 Å². The number of methoxy groups -OCH3 is 1. The van der Waals surface area contributed by atoms with Gasteiger partial charge in [0.1, 0.15) is 5.75 Å². The summed E-state index contributed by atoms with van der Waals surface area (Å²) in [6.45, 7) is 9.06. The third-order valence-electron chi connectivity index (χ3n) is 4.17. The van der Waals surface area contributed by atoms with Crippen LogP contribution in [0, 0.1) is 5.92 Å². The van der Waals surface area contributed by atoms with Crippen LogP contribution in [-0.2, 0) is 0 Å². The van der Waals surface area contributed by atoms with Gasteiger partial charge in [-0.05, 0) is 52.4 Å². The Morgan fingerprint density at radius 1 is 1.17 bits per heavy atom. The normalized spacial score (nSPS) is 16.4. The second-order valence-electron chi connectivity index (χ2n) is 6.17. The number of rotatable bonds is 6. The van der Waals surface area contributed by atoms with E-state index in [1.165, 1.54) is 18.4 Å². The first-order valence-corrected chi connectivity index (χ1v) is 8.69. The van der Waals surface area contributed by atoms with Crippen LogP contribution in [0.3, 0.4) is 0 Å². The summed E-state index contributed by atoms with van der Waals surface area (Å²) in [5.74, 6) is 1.65. The number of piperazine rings is 1. The van der Waals surface area contributed by atoms with Gasteiger partial charge in [-0.25, -0.2) is 0 Å². The maximum absolute atomic E-state index is 5.35. The number of hydrogen-bond donors (Lipinski definition) is 1. The van der Waals surface area contributed by atoms with Crippen molar-refractivity contribution in [1.29, 1.82) is 0 Å². The fraction of sp³-hybridized carbons (Fsp3) is 0.647. The Balaban J connectivity index is 0.00000242. The minimum atomic E-state index is 0. The average Bonchev–Trinajstić information content (AvgIpc) is 2.48. The van der Waals surface area contributed by atoms with Crippen molar-refractivity contribution in [3.8, 4) is 5.75 Å². The maximum atomic E-state index is 5.35. The monoisotopic (exact) mass is 426 g/mol. The first-order chi connectivity index (χ1) is 10.1. The Hall–Kier alpha value is -0.000000000000000111. The fourth-order valence-electron chi connectivity index (χ4n) is 2.93. The van der Waals surface area contributed by atoms with Gasteiger partial charge < -0.3 is 10.1 Å². The lowest BCUT2D eigenvalue weighted by Gasteiger charge is -2.36. The molecule has 23 heavy (non-hydrogen) atoms. The summed E-state index contributed by atoms with van der Waals surface area (Å²) in [6, 6.07) is 7.03. The Morgan fingerprint density at radius 3 is 2.35 bits per heavy atom. The summed E-state index contributed by atoms with van der Waals surface area (Å²) in [6.07, 6.45) is 2.48. The van der Waals surface area contributed by atoms with Crippen LogP contribution >= 0.6 is 40.7 Å². The molecule has 0 unspecified atom stereocenters. The Labute approximate surface area is 161 Å². The van der Waals surface area contributed by atoms with Gasteiger partial charge in [0.2, 0.25) is 0 Å². The first kappa shape index (κ1) is 23.0. The van der Waals surface area contributed by atoms with Gasteiger partial charge >= 0.3 is 0 Å². The molecule has 1 heterocycles. The number of halogens is 3. The van der Waals surface area contributed by atoms with Gasteiger partial charge in [-0.1, -0.05) is 19.9 Å². The van der Waals surface area contributed by atoms with Crippen molar-refractivity contribution in [3.05, 3.63) is 28.2 Å². The molecule has 1 aromatic rings. The molecule has 0 aliphatic carbocycles. The van der Waals surface area contributed by atoms with E-state index in [9.17, 15) is 0 Å². The minimum Gasteiger partial charge on any atom is -0.496 e. The molecule has 0 radical (unpaired) electrons. The summed E-state index contributed by atoms with van der Waals surface area (Å²) < 4.78 is 6.40. The molecule has 2 rings (SSSR count). The highest BCUT2D eigenvalue weighted by Gasteiger charge is 2.22. The Kier molecular flexibility index (Phi) is 11.5. The lowest BCUT2D eigenvalue weighted by atomic mass is 9.95. The number of nitrogens with one attached hydrogen (secondary N) is 1. The van der Waals surface area contributed by atoms with E-state index in [0.29, 0.717) is 6.04 Å². The zero-order valence-electron chi connectivity index (χ0n) is 14.2. The number of hydrogen-bond acceptors (Lipinski definition) is 3. The van der Waals surface area contributed by atoms with Gasteiger partial charge in [0.25, 0.3) is 0 Å². The van der Waals surface area contributed by atoms with Crippen molar-refractivity contribution in [2.24, 2.45) is 5.92 Å². The van der Waals surface area contributed by atoms with Crippen molar-refractivity contribution in [1.82, 2.24) is 10.2 Å². The summed E-state index contributed by atoms with van der Waals surface area (Å²) in [5, 5.41) is 3.44. The smallest absolute Gasteiger partial charge is 0.133 e. The van der Waals surface area contributed by atoms with E-state index in [-0.39, 0.29) is 24.8 Å². The maximum Gasteiger partial charge on any atom is 0.133 e. The molecule has 0 aromatic heterocycles. The zero-order chi connectivity index (χ0) is 15.2. The standard InChI is InChI=1S/C17H27BrN2O.2ClH/c1-13(2)4-6-16(20-10-8-19-9-11-20)14-5-7-17(21-3)15(18)12-14;;/h5,7,12-13,16,19H,4,6,8-11H2,1-3H3;2*1H/t16-;;/m0../s1. The molecule has 1 aliphatic rings. The highest BCUT2D eigenvalue weighted by Crippen LogP contribution is 2.33. The number of nitrogens with zero attached hydrogens (tertiary/aromatic N) is 1. The highest BCUT2D eigenvalue weighted by atomic mass is 79.9. The molecule has 3 nitrogen and oxygen atoms in total. The van der Waals surface area contributed by atoms with E-state index in [1.807, 2.05) is 0 Å². The van der Waals surface area contributed by atoms with E-state index in [4.69, 9.17) is 4.74 Å². The summed E-state index contributed by atoms with van der Waals surface area (Å²) in [7, 11) is 1.71. The van der Waals surface area contributed by atoms with Crippen molar-refractivity contribution in [2.45, 2.75) is 32.7 Å². The summed E-state index contributed by atoms with van der Waals surface area (Å²) in [4.78, 5) is 2.62. The predicted molar refractivity (Wildman–Crippen MR) is 106 cm³/mol. The summed E-state index contributed by atoms with van der Waals surface area (Å²) >= 11 is 3.62. The van der Waals surface area contributed by atoms with E-state index in [1.54, 1.807) is 7.11 Å². The van der Waals surface area contributed by atoms with Gasteiger partial charge in [0.15, 0.2) is 0 Å². The van der Waals surface area contributed by atoms with Crippen LogP contribution < -0.4 is 10.1 Å². The summed E-state index contributed by atoms with van der Waals surface area (Å²) in [5.41, 5.74) is 1.39. The van der Waals surface area contributed by atoms with Gasteiger partial charge in [-0.15, -0.1) is 24.8 Å². The van der Waals surface area contributed by atoms with Gasteiger partial charge in [-0.2, -0.15) is 0 Å². The molecule has 0 bridgehead atoms. The molecular formula is C17H29BrCl2N2O. The third kappa shape index (κ3) is 6.79. The van der Waals surface area contributed by atoms with Crippen LogP contribution in [0.25, 0.3) is 0 Å². The van der Waals surface area contributed by atoms with Crippen molar-refractivity contribution < 1.29 is 4.74 Å². The van der Waals surface area contributed by atoms with Crippen molar-refractivity contribution in [2.75, 3.05) is 33.3 Å². The Bertz CT molecular complexity index is 454. The predicted octanol–water partition coefficient (Wildman–Crippen LogP) is 4.68. The lowest BCUT2D eigenvalue weighted by Crippen LogP contribution is -2.45. The van der Waals surface area contributed by atoms with Crippen LogP contribution in [0.1, 0.15) is 38.3 Å². The molecule has 0 spiro atoms. The van der Waals surface area contributed by atoms with Crippen LogP contribution in [0.4, 0.5) is 0 Å². The van der Waals surface area contributed by atoms with Crippen LogP contribution in [0.5, 0.6) is 5.75 Å². The van der Waals surface area contributed by atoms with E-state index in [0.717, 1.165) is 42.3 Å². The van der Waals surface area contributed by atoms with Gasteiger partial charge in [-0.3, -0.25) is 4.90 Å². The topological polar surface area (TPSA) is 24.5 Å². The second kappa shape index (κ2) is 11.5. The molecule has 1 N–H and O–H groups in total. The highest BCUT2D eigenvalue weighted by molar-refractivity contribution is 9.10. The van der Waals surface area contributed by atoms with Crippen LogP contribution in [0.2, 0.25) is 0 Å². The molecule has 134 valence electrons. The molecule has 1 atom stereocenters. The molecule has 1 saturated heterocycles. The molecule has 1 aromatic carbocycles. The molecular weight excluding hydrogens is 399 g/mol. The molecule has 6 heteroatoms. The first-order valence-electron chi connectivity index (χ1n) is 7.90. The molecule has 0 amide bonds. The average molecular weight is 428 g/mol. The van der Waals surface area contributed by atoms with E-state index in [2.05, 4.69) is 58.2 Å². The van der Waals surface area contributed by atoms with Gasteiger partial charge in [0, 0.05) is 32.2 Å². The molecule has 0 saturated carbocycles. The largest absolute Gasteiger partial charge is 0.496 e. The number of ether oxygens (including phenoxy) is 1. The molecule has 1 aliphatic heterocycles. The third-order valence-corrected chi connectivity index (χ3v) is 4.79. The number of benzene rings is 1. The van der Waals surface area contributed by atoms with Crippen LogP contribution in [0.15, 0.2) is 22.7 Å². The lowest BCUT2D eigenvalue weighted by molar-refractivity contribution is 0.159.